The zero-order valence-corrected chi connectivity index (χ0v) is 22.5. The molecule has 14 heteroatoms. The number of amides is 1. The van der Waals surface area contributed by atoms with E-state index in [1.807, 2.05) is 23.8 Å². The number of alkyl halides is 3. The number of rotatable bonds is 8. The van der Waals surface area contributed by atoms with Crippen molar-refractivity contribution in [1.29, 1.82) is 5.41 Å². The summed E-state index contributed by atoms with van der Waals surface area (Å²) in [7, 11) is 0. The first kappa shape index (κ1) is 27.9. The number of likely N-dealkylation sites (tertiary alicyclic amines) is 1. The van der Waals surface area contributed by atoms with E-state index >= 15 is 0 Å². The van der Waals surface area contributed by atoms with E-state index in [0.717, 1.165) is 26.0 Å². The van der Waals surface area contributed by atoms with Crippen molar-refractivity contribution in [3.8, 4) is 27.6 Å². The molecule has 1 unspecified atom stereocenters. The van der Waals surface area contributed by atoms with Crippen LogP contribution in [0.4, 0.5) is 13.2 Å². The Bertz CT molecular complexity index is 1340. The summed E-state index contributed by atoms with van der Waals surface area (Å²) >= 11 is 4.47. The lowest BCUT2D eigenvalue weighted by molar-refractivity contribution is -0.206. The third-order valence-electron chi connectivity index (χ3n) is 5.61. The maximum atomic E-state index is 12.6. The molecule has 4 rings (SSSR count). The van der Waals surface area contributed by atoms with Gasteiger partial charge in [-0.15, -0.1) is 34.4 Å². The number of aromatic nitrogens is 1. The Morgan fingerprint density at radius 3 is 2.82 bits per heavy atom. The SMILES string of the molecule is CSc1sc(C(=N)N)cc1-c1nc(-c2cccc(OCC(=O)N3CCCC(OC(=O)C(F)(F)F)C3)c2)cs1. The van der Waals surface area contributed by atoms with Crippen molar-refractivity contribution in [2.75, 3.05) is 26.0 Å². The highest BCUT2D eigenvalue weighted by Gasteiger charge is 2.43. The fourth-order valence-electron chi connectivity index (χ4n) is 3.80. The molecule has 202 valence electrons. The average molecular weight is 585 g/mol. The van der Waals surface area contributed by atoms with Gasteiger partial charge in [0, 0.05) is 23.1 Å². The second-order valence-corrected chi connectivity index (χ2v) is 11.3. The summed E-state index contributed by atoms with van der Waals surface area (Å²) in [6, 6.07) is 8.94. The number of nitrogens with zero attached hydrogens (tertiary/aromatic N) is 2. The number of nitrogens with one attached hydrogen (secondary N) is 1. The molecule has 0 spiro atoms. The summed E-state index contributed by atoms with van der Waals surface area (Å²) in [6.45, 7) is -0.0843. The number of carbonyl (C=O) groups is 2. The van der Waals surface area contributed by atoms with E-state index < -0.39 is 24.2 Å². The molecule has 1 aliphatic rings. The highest BCUT2D eigenvalue weighted by Crippen LogP contribution is 2.40. The number of piperidine rings is 1. The van der Waals surface area contributed by atoms with E-state index in [9.17, 15) is 22.8 Å². The number of esters is 1. The molecule has 0 bridgehead atoms. The van der Waals surface area contributed by atoms with Crippen LogP contribution in [0.25, 0.3) is 21.8 Å². The molecule has 38 heavy (non-hydrogen) atoms. The Kier molecular flexibility index (Phi) is 8.63. The van der Waals surface area contributed by atoms with Crippen molar-refractivity contribution in [2.24, 2.45) is 5.73 Å². The number of benzene rings is 1. The van der Waals surface area contributed by atoms with Gasteiger partial charge in [0.1, 0.15) is 22.7 Å². The third kappa shape index (κ3) is 6.66. The number of thiazole rings is 1. The fraction of sp³-hybridized carbons (Fsp3) is 0.333. The van der Waals surface area contributed by atoms with Crippen LogP contribution in [0.1, 0.15) is 17.7 Å². The minimum Gasteiger partial charge on any atom is -0.484 e. The third-order valence-corrected chi connectivity index (χ3v) is 8.79. The van der Waals surface area contributed by atoms with Gasteiger partial charge in [-0.25, -0.2) is 9.78 Å². The first-order valence-corrected chi connectivity index (χ1v) is 14.2. The monoisotopic (exact) mass is 584 g/mol. The lowest BCUT2D eigenvalue weighted by Gasteiger charge is -2.32. The first-order valence-electron chi connectivity index (χ1n) is 11.3. The molecule has 0 saturated carbocycles. The van der Waals surface area contributed by atoms with Crippen LogP contribution in [0.2, 0.25) is 0 Å². The number of nitrogens with two attached hydrogens (primary N) is 1. The summed E-state index contributed by atoms with van der Waals surface area (Å²) in [5.74, 6) is -2.22. The molecular formula is C24H23F3N4O4S3. The molecule has 1 amide bonds. The summed E-state index contributed by atoms with van der Waals surface area (Å²) in [5.41, 5.74) is 8.06. The molecule has 3 aromatic rings. The van der Waals surface area contributed by atoms with Gasteiger partial charge in [0.25, 0.3) is 5.91 Å². The Morgan fingerprint density at radius 2 is 2.11 bits per heavy atom. The minimum absolute atomic E-state index is 0.00937. The number of carbonyl (C=O) groups excluding carboxylic acids is 2. The van der Waals surface area contributed by atoms with Crippen LogP contribution in [0.5, 0.6) is 5.75 Å². The van der Waals surface area contributed by atoms with E-state index in [1.54, 1.807) is 30.0 Å². The first-order chi connectivity index (χ1) is 18.0. The maximum Gasteiger partial charge on any atom is 0.490 e. The number of amidine groups is 1. The lowest BCUT2D eigenvalue weighted by atomic mass is 10.1. The Labute approximate surface area is 228 Å². The number of nitrogen functional groups attached to an aromatic ring is 1. The Hall–Kier alpha value is -3.10. The average Bonchev–Trinajstić information content (AvgIpc) is 3.54. The van der Waals surface area contributed by atoms with Crippen LogP contribution in [-0.4, -0.2) is 65.8 Å². The van der Waals surface area contributed by atoms with Gasteiger partial charge in [-0.3, -0.25) is 10.2 Å². The van der Waals surface area contributed by atoms with Crippen LogP contribution in [-0.2, 0) is 14.3 Å². The number of ether oxygens (including phenoxy) is 2. The number of halogens is 3. The number of thioether (sulfide) groups is 1. The van der Waals surface area contributed by atoms with Crippen molar-refractivity contribution in [1.82, 2.24) is 9.88 Å². The second-order valence-electron chi connectivity index (χ2n) is 8.29. The van der Waals surface area contributed by atoms with E-state index in [0.29, 0.717) is 23.6 Å². The van der Waals surface area contributed by atoms with Crippen LogP contribution in [0.3, 0.4) is 0 Å². The molecule has 0 aliphatic carbocycles. The molecule has 3 heterocycles. The van der Waals surface area contributed by atoms with Crippen LogP contribution >= 0.6 is 34.4 Å². The summed E-state index contributed by atoms with van der Waals surface area (Å²) in [6.07, 6.45) is -3.46. The lowest BCUT2D eigenvalue weighted by Crippen LogP contribution is -2.46. The van der Waals surface area contributed by atoms with Crippen molar-refractivity contribution in [2.45, 2.75) is 29.3 Å². The van der Waals surface area contributed by atoms with E-state index in [4.69, 9.17) is 20.9 Å². The normalized spacial score (nSPS) is 15.8. The molecule has 1 saturated heterocycles. The van der Waals surface area contributed by atoms with Gasteiger partial charge in [0.15, 0.2) is 6.61 Å². The summed E-state index contributed by atoms with van der Waals surface area (Å²) in [4.78, 5) is 30.5. The number of hydrogen-bond acceptors (Lipinski definition) is 9. The van der Waals surface area contributed by atoms with E-state index in [-0.39, 0.29) is 25.4 Å². The van der Waals surface area contributed by atoms with Crippen LogP contribution < -0.4 is 10.5 Å². The fourth-order valence-corrected chi connectivity index (χ4v) is 6.51. The number of thiophene rings is 1. The second kappa shape index (κ2) is 11.7. The number of hydrogen-bond donors (Lipinski definition) is 2. The smallest absolute Gasteiger partial charge is 0.484 e. The molecule has 8 nitrogen and oxygen atoms in total. The molecule has 1 aliphatic heterocycles. The van der Waals surface area contributed by atoms with Crippen molar-refractivity contribution in [3.63, 3.8) is 0 Å². The molecular weight excluding hydrogens is 561 g/mol. The highest BCUT2D eigenvalue weighted by atomic mass is 32.2. The van der Waals surface area contributed by atoms with Crippen molar-refractivity contribution in [3.05, 3.63) is 40.6 Å². The predicted octanol–water partition coefficient (Wildman–Crippen LogP) is 5.02. The van der Waals surface area contributed by atoms with Gasteiger partial charge in [0.05, 0.1) is 21.3 Å². The van der Waals surface area contributed by atoms with Gasteiger partial charge >= 0.3 is 12.1 Å². The molecule has 0 radical (unpaired) electrons. The summed E-state index contributed by atoms with van der Waals surface area (Å²) in [5, 5.41) is 10.4. The van der Waals surface area contributed by atoms with E-state index in [2.05, 4.69) is 4.74 Å². The van der Waals surface area contributed by atoms with Crippen molar-refractivity contribution >= 4 is 52.1 Å². The van der Waals surface area contributed by atoms with Gasteiger partial charge in [0.2, 0.25) is 0 Å². The molecule has 1 atom stereocenters. The van der Waals surface area contributed by atoms with Gasteiger partial charge in [-0.1, -0.05) is 12.1 Å². The minimum atomic E-state index is -5.07. The topological polar surface area (TPSA) is 119 Å². The molecule has 1 aromatic carbocycles. The standard InChI is InChI=1S/C24H23F3N4O4S3/c1-36-22-16(9-18(38-22)20(28)29)21-30-17(12-37-21)13-4-2-5-14(8-13)34-11-19(32)31-7-3-6-15(10-31)35-23(33)24(25,26)27/h2,4-5,8-9,12,15H,3,6-7,10-11H2,1H3,(H3,28,29). The maximum absolute atomic E-state index is 12.6. The zero-order valence-electron chi connectivity index (χ0n) is 20.0. The predicted molar refractivity (Wildman–Crippen MR) is 141 cm³/mol. The highest BCUT2D eigenvalue weighted by molar-refractivity contribution is 8.00. The Balaban J connectivity index is 1.39. The van der Waals surface area contributed by atoms with Crippen LogP contribution in [0, 0.1) is 5.41 Å². The zero-order chi connectivity index (χ0) is 27.4. The van der Waals surface area contributed by atoms with Crippen LogP contribution in [0.15, 0.2) is 39.9 Å². The molecule has 1 fully saturated rings. The van der Waals surface area contributed by atoms with Crippen molar-refractivity contribution < 1.29 is 32.2 Å². The van der Waals surface area contributed by atoms with Gasteiger partial charge in [-0.2, -0.15) is 13.2 Å². The van der Waals surface area contributed by atoms with Gasteiger partial charge in [-0.05, 0) is 37.3 Å². The quantitative estimate of drug-likeness (QED) is 0.165. The molecule has 2 aromatic heterocycles. The van der Waals surface area contributed by atoms with E-state index in [1.165, 1.54) is 27.6 Å². The Morgan fingerprint density at radius 1 is 1.32 bits per heavy atom. The van der Waals surface area contributed by atoms with Gasteiger partial charge < -0.3 is 20.1 Å². The summed E-state index contributed by atoms with van der Waals surface area (Å²) < 4.78 is 48.6. The largest absolute Gasteiger partial charge is 0.490 e. The molecule has 3 N–H and O–H groups in total.